The van der Waals surface area contributed by atoms with Crippen molar-refractivity contribution in [1.29, 1.82) is 0 Å². The standard InChI is InChI=1S/C18H20N6O3S/c1-28(25,26)13-6-4-12(5-7-13)10-24-8-2-3-15(24)18-22-17(23-27-18)14-9-20-11-21-16(14)19/h4-7,9,11,15H,2-3,8,10H2,1H3,(H2,19,20,21)/t15-/m0/s1. The van der Waals surface area contributed by atoms with Crippen LogP contribution in [0.1, 0.15) is 30.3 Å². The van der Waals surface area contributed by atoms with Crippen molar-refractivity contribution >= 4 is 15.7 Å². The lowest BCUT2D eigenvalue weighted by atomic mass is 10.2. The number of nitrogens with two attached hydrogens (primary N) is 1. The predicted molar refractivity (Wildman–Crippen MR) is 102 cm³/mol. The monoisotopic (exact) mass is 400 g/mol. The fourth-order valence-electron chi connectivity index (χ4n) is 3.36. The number of aromatic nitrogens is 4. The van der Waals surface area contributed by atoms with Gasteiger partial charge in [-0.15, -0.1) is 0 Å². The quantitative estimate of drug-likeness (QED) is 0.682. The first-order valence-corrected chi connectivity index (χ1v) is 10.7. The fourth-order valence-corrected chi connectivity index (χ4v) is 3.99. The van der Waals surface area contributed by atoms with Crippen molar-refractivity contribution < 1.29 is 12.9 Å². The van der Waals surface area contributed by atoms with Crippen LogP contribution in [0, 0.1) is 0 Å². The summed E-state index contributed by atoms with van der Waals surface area (Å²) in [5, 5.41) is 4.03. The number of nitrogen functional groups attached to an aromatic ring is 1. The second-order valence-corrected chi connectivity index (χ2v) is 8.84. The van der Waals surface area contributed by atoms with E-state index in [0.29, 0.717) is 34.5 Å². The molecule has 0 radical (unpaired) electrons. The van der Waals surface area contributed by atoms with E-state index in [1.165, 1.54) is 12.6 Å². The van der Waals surface area contributed by atoms with Gasteiger partial charge in [-0.2, -0.15) is 4.98 Å². The molecule has 2 aromatic heterocycles. The number of sulfone groups is 1. The largest absolute Gasteiger partial charge is 0.383 e. The molecule has 1 aliphatic rings. The van der Waals surface area contributed by atoms with Gasteiger partial charge in [-0.3, -0.25) is 4.90 Å². The predicted octanol–water partition coefficient (Wildman–Crippen LogP) is 1.85. The third-order valence-corrected chi connectivity index (χ3v) is 5.94. The first-order chi connectivity index (χ1) is 13.4. The molecule has 1 saturated heterocycles. The Morgan fingerprint density at radius 3 is 2.79 bits per heavy atom. The highest BCUT2D eigenvalue weighted by Gasteiger charge is 2.31. The minimum absolute atomic E-state index is 0.00156. The van der Waals surface area contributed by atoms with E-state index in [1.807, 2.05) is 12.1 Å². The molecular formula is C18H20N6O3S. The van der Waals surface area contributed by atoms with Gasteiger partial charge in [-0.25, -0.2) is 18.4 Å². The minimum Gasteiger partial charge on any atom is -0.383 e. The van der Waals surface area contributed by atoms with Crippen LogP contribution in [-0.4, -0.2) is 46.2 Å². The van der Waals surface area contributed by atoms with Crippen LogP contribution < -0.4 is 5.73 Å². The van der Waals surface area contributed by atoms with Crippen molar-refractivity contribution in [3.05, 3.63) is 48.2 Å². The fraction of sp³-hybridized carbons (Fsp3) is 0.333. The van der Waals surface area contributed by atoms with Gasteiger partial charge in [0.25, 0.3) is 0 Å². The summed E-state index contributed by atoms with van der Waals surface area (Å²) in [6, 6.07) is 6.96. The molecule has 28 heavy (non-hydrogen) atoms. The number of hydrogen-bond donors (Lipinski definition) is 1. The van der Waals surface area contributed by atoms with Gasteiger partial charge < -0.3 is 10.3 Å². The molecule has 4 rings (SSSR count). The highest BCUT2D eigenvalue weighted by Crippen LogP contribution is 2.33. The Morgan fingerprint density at radius 2 is 2.07 bits per heavy atom. The summed E-state index contributed by atoms with van der Waals surface area (Å²) in [7, 11) is -3.20. The van der Waals surface area contributed by atoms with E-state index in [1.54, 1.807) is 18.3 Å². The van der Waals surface area contributed by atoms with Gasteiger partial charge in [-0.1, -0.05) is 17.3 Å². The van der Waals surface area contributed by atoms with Crippen molar-refractivity contribution in [2.75, 3.05) is 18.5 Å². The summed E-state index contributed by atoms with van der Waals surface area (Å²) in [4.78, 5) is 15.0. The Hall–Kier alpha value is -2.85. The number of nitrogens with zero attached hydrogens (tertiary/aromatic N) is 5. The van der Waals surface area contributed by atoms with Crippen LogP contribution in [0.15, 0.2) is 46.2 Å². The minimum atomic E-state index is -3.20. The third kappa shape index (κ3) is 3.73. The van der Waals surface area contributed by atoms with Crippen LogP contribution in [0.2, 0.25) is 0 Å². The lowest BCUT2D eigenvalue weighted by molar-refractivity contribution is 0.201. The summed E-state index contributed by atoms with van der Waals surface area (Å²) in [6.45, 7) is 1.57. The molecule has 0 aliphatic carbocycles. The van der Waals surface area contributed by atoms with Crippen LogP contribution in [0.25, 0.3) is 11.4 Å². The van der Waals surface area contributed by atoms with Crippen LogP contribution >= 0.6 is 0 Å². The molecule has 1 aromatic carbocycles. The number of likely N-dealkylation sites (tertiary alicyclic amines) is 1. The lowest BCUT2D eigenvalue weighted by Gasteiger charge is -2.21. The average molecular weight is 400 g/mol. The Bertz CT molecular complexity index is 1080. The molecule has 0 unspecified atom stereocenters. The van der Waals surface area contributed by atoms with Crippen molar-refractivity contribution in [3.8, 4) is 11.4 Å². The molecule has 1 fully saturated rings. The van der Waals surface area contributed by atoms with E-state index in [-0.39, 0.29) is 6.04 Å². The highest BCUT2D eigenvalue weighted by molar-refractivity contribution is 7.90. The molecule has 10 heteroatoms. The maximum Gasteiger partial charge on any atom is 0.244 e. The Balaban J connectivity index is 1.52. The first-order valence-electron chi connectivity index (χ1n) is 8.84. The van der Waals surface area contributed by atoms with Gasteiger partial charge in [0.1, 0.15) is 12.1 Å². The molecule has 2 N–H and O–H groups in total. The molecule has 9 nitrogen and oxygen atoms in total. The van der Waals surface area contributed by atoms with Crippen molar-refractivity contribution in [1.82, 2.24) is 25.0 Å². The molecular weight excluding hydrogens is 380 g/mol. The summed E-state index contributed by atoms with van der Waals surface area (Å²) < 4.78 is 28.7. The summed E-state index contributed by atoms with van der Waals surface area (Å²) in [5.41, 5.74) is 7.43. The number of anilines is 1. The normalized spacial score (nSPS) is 17.8. The molecule has 3 heterocycles. The maximum absolute atomic E-state index is 11.6. The lowest BCUT2D eigenvalue weighted by Crippen LogP contribution is -2.23. The molecule has 0 saturated carbocycles. The molecule has 1 aliphatic heterocycles. The summed E-state index contributed by atoms with van der Waals surface area (Å²) >= 11 is 0. The smallest absolute Gasteiger partial charge is 0.244 e. The van der Waals surface area contributed by atoms with Crippen molar-refractivity contribution in [3.63, 3.8) is 0 Å². The van der Waals surface area contributed by atoms with E-state index in [0.717, 1.165) is 24.9 Å². The number of hydrogen-bond acceptors (Lipinski definition) is 9. The molecule has 0 bridgehead atoms. The summed E-state index contributed by atoms with van der Waals surface area (Å²) in [6.07, 6.45) is 6.06. The zero-order chi connectivity index (χ0) is 19.7. The van der Waals surface area contributed by atoms with E-state index < -0.39 is 9.84 Å². The SMILES string of the molecule is CS(=O)(=O)c1ccc(CN2CCC[C@H]2c2nc(-c3cncnc3N)no2)cc1. The molecule has 1 atom stereocenters. The van der Waals surface area contributed by atoms with E-state index in [9.17, 15) is 8.42 Å². The second kappa shape index (κ2) is 7.28. The van der Waals surface area contributed by atoms with E-state index >= 15 is 0 Å². The van der Waals surface area contributed by atoms with E-state index in [2.05, 4.69) is 25.0 Å². The van der Waals surface area contributed by atoms with Gasteiger partial charge in [0.05, 0.1) is 16.5 Å². The van der Waals surface area contributed by atoms with Gasteiger partial charge in [0, 0.05) is 19.0 Å². The highest BCUT2D eigenvalue weighted by atomic mass is 32.2. The topological polar surface area (TPSA) is 128 Å². The van der Waals surface area contributed by atoms with Gasteiger partial charge in [0.15, 0.2) is 9.84 Å². The molecule has 0 spiro atoms. The Kier molecular flexibility index (Phi) is 4.82. The van der Waals surface area contributed by atoms with Crippen LogP contribution in [-0.2, 0) is 16.4 Å². The maximum atomic E-state index is 11.6. The number of benzene rings is 1. The molecule has 146 valence electrons. The summed E-state index contributed by atoms with van der Waals surface area (Å²) in [5.74, 6) is 1.21. The van der Waals surface area contributed by atoms with E-state index in [4.69, 9.17) is 10.3 Å². The zero-order valence-electron chi connectivity index (χ0n) is 15.3. The molecule has 3 aromatic rings. The average Bonchev–Trinajstić information content (AvgIpc) is 3.31. The number of rotatable bonds is 5. The zero-order valence-corrected chi connectivity index (χ0v) is 16.1. The Morgan fingerprint density at radius 1 is 1.29 bits per heavy atom. The van der Waals surface area contributed by atoms with Gasteiger partial charge in [-0.05, 0) is 37.1 Å². The third-order valence-electron chi connectivity index (χ3n) is 4.81. The van der Waals surface area contributed by atoms with Crippen LogP contribution in [0.5, 0.6) is 0 Å². The van der Waals surface area contributed by atoms with Gasteiger partial charge >= 0.3 is 0 Å². The van der Waals surface area contributed by atoms with Crippen LogP contribution in [0.4, 0.5) is 5.82 Å². The van der Waals surface area contributed by atoms with Gasteiger partial charge in [0.2, 0.25) is 11.7 Å². The Labute approximate surface area is 162 Å². The van der Waals surface area contributed by atoms with Crippen molar-refractivity contribution in [2.45, 2.75) is 30.3 Å². The van der Waals surface area contributed by atoms with Crippen molar-refractivity contribution in [2.24, 2.45) is 0 Å². The van der Waals surface area contributed by atoms with Crippen LogP contribution in [0.3, 0.4) is 0 Å². The second-order valence-electron chi connectivity index (χ2n) is 6.82. The first kappa shape index (κ1) is 18.5. The molecule has 0 amide bonds.